The van der Waals surface area contributed by atoms with E-state index in [0.29, 0.717) is 12.2 Å². The first-order chi connectivity index (χ1) is 14.1. The summed E-state index contributed by atoms with van der Waals surface area (Å²) < 4.78 is 7.13. The minimum absolute atomic E-state index is 0.301. The number of aryl methyl sites for hydroxylation is 2. The Morgan fingerprint density at radius 2 is 1.90 bits per heavy atom. The highest BCUT2D eigenvalue weighted by Crippen LogP contribution is 2.33. The maximum atomic E-state index is 12.7. The van der Waals surface area contributed by atoms with E-state index in [1.54, 1.807) is 10.9 Å². The fourth-order valence-electron chi connectivity index (χ4n) is 4.97. The van der Waals surface area contributed by atoms with Crippen molar-refractivity contribution in [1.82, 2.24) is 19.7 Å². The summed E-state index contributed by atoms with van der Waals surface area (Å²) in [6.45, 7) is 9.28. The molecule has 7 nitrogen and oxygen atoms in total. The molecule has 1 saturated carbocycles. The molecule has 2 aliphatic rings. The first-order valence-corrected chi connectivity index (χ1v) is 11.0. The normalized spacial score (nSPS) is 19.1. The van der Waals surface area contributed by atoms with E-state index < -0.39 is 0 Å². The molecule has 0 bridgehead atoms. The average molecular weight is 400 g/mol. The maximum Gasteiger partial charge on any atom is 0.341 e. The molecule has 3 heterocycles. The van der Waals surface area contributed by atoms with E-state index in [1.807, 2.05) is 20.9 Å². The molecule has 1 saturated heterocycles. The van der Waals surface area contributed by atoms with Crippen LogP contribution in [0.25, 0.3) is 11.0 Å². The van der Waals surface area contributed by atoms with Gasteiger partial charge in [-0.3, -0.25) is 9.58 Å². The molecule has 0 unspecified atom stereocenters. The zero-order valence-electron chi connectivity index (χ0n) is 18.0. The van der Waals surface area contributed by atoms with E-state index in [-0.39, 0.29) is 5.97 Å². The van der Waals surface area contributed by atoms with Crippen LogP contribution in [0.15, 0.2) is 6.20 Å². The van der Waals surface area contributed by atoms with Crippen molar-refractivity contribution in [2.75, 3.05) is 44.2 Å². The second-order valence-electron chi connectivity index (χ2n) is 8.44. The number of aromatic nitrogens is 3. The predicted octanol–water partition coefficient (Wildman–Crippen LogP) is 3.16. The third-order valence-electron chi connectivity index (χ3n) is 6.42. The van der Waals surface area contributed by atoms with E-state index in [0.717, 1.165) is 54.5 Å². The lowest BCUT2D eigenvalue weighted by Gasteiger charge is -2.39. The van der Waals surface area contributed by atoms with Gasteiger partial charge in [0, 0.05) is 46.0 Å². The summed E-state index contributed by atoms with van der Waals surface area (Å²) in [6.07, 6.45) is 8.61. The van der Waals surface area contributed by atoms with Gasteiger partial charge in [0.05, 0.1) is 23.4 Å². The number of anilines is 1. The van der Waals surface area contributed by atoms with Gasteiger partial charge in [-0.05, 0) is 32.6 Å². The van der Waals surface area contributed by atoms with E-state index in [2.05, 4.69) is 19.9 Å². The minimum atomic E-state index is -0.301. The first kappa shape index (κ1) is 20.1. The number of rotatable bonds is 5. The fraction of sp³-hybridized carbons (Fsp3) is 0.682. The van der Waals surface area contributed by atoms with Crippen LogP contribution in [-0.4, -0.2) is 65.0 Å². The summed E-state index contributed by atoms with van der Waals surface area (Å²) in [5.74, 6) is 0.559. The number of esters is 1. The summed E-state index contributed by atoms with van der Waals surface area (Å²) in [5.41, 5.74) is 3.21. The minimum Gasteiger partial charge on any atom is -0.462 e. The molecule has 1 aliphatic carbocycles. The highest BCUT2D eigenvalue weighted by molar-refractivity contribution is 6.05. The maximum absolute atomic E-state index is 12.7. The third kappa shape index (κ3) is 4.10. The van der Waals surface area contributed by atoms with Gasteiger partial charge in [-0.25, -0.2) is 9.78 Å². The van der Waals surface area contributed by atoms with Crippen molar-refractivity contribution in [2.45, 2.75) is 46.0 Å². The van der Waals surface area contributed by atoms with Crippen LogP contribution in [-0.2, 0) is 11.8 Å². The molecule has 0 radical (unpaired) electrons. The lowest BCUT2D eigenvalue weighted by molar-refractivity contribution is 0.0526. The number of fused-ring (bicyclic) bond motifs is 1. The molecule has 2 aromatic heterocycles. The number of hydrogen-bond donors (Lipinski definition) is 0. The average Bonchev–Trinajstić information content (AvgIpc) is 3.03. The Labute approximate surface area is 173 Å². The number of hydrogen-bond acceptors (Lipinski definition) is 6. The number of carbonyl (C=O) groups is 1. The van der Waals surface area contributed by atoms with Crippen molar-refractivity contribution in [3.63, 3.8) is 0 Å². The number of pyridine rings is 1. The van der Waals surface area contributed by atoms with Crippen molar-refractivity contribution < 1.29 is 9.53 Å². The second kappa shape index (κ2) is 8.69. The molecule has 0 amide bonds. The Balaban J connectivity index is 1.57. The third-order valence-corrected chi connectivity index (χ3v) is 6.42. The van der Waals surface area contributed by atoms with Gasteiger partial charge in [0.1, 0.15) is 5.56 Å². The fourth-order valence-corrected chi connectivity index (χ4v) is 4.97. The van der Waals surface area contributed by atoms with E-state index in [9.17, 15) is 4.79 Å². The molecule has 7 heteroatoms. The topological polar surface area (TPSA) is 63.5 Å². The Bertz CT molecular complexity index is 864. The quantitative estimate of drug-likeness (QED) is 0.720. The summed E-state index contributed by atoms with van der Waals surface area (Å²) in [7, 11) is 1.90. The zero-order chi connectivity index (χ0) is 20.4. The van der Waals surface area contributed by atoms with Gasteiger partial charge in [0.25, 0.3) is 0 Å². The molecule has 2 aromatic rings. The molecule has 158 valence electrons. The standard InChI is InChI=1S/C22H33N5O2/c1-4-29-22(28)18-14-23-21-19(16(2)24-25(21)3)20(18)27-12-10-26(11-13-27)15-17-8-6-5-7-9-17/h14,17H,4-13,15H2,1-3H3. The van der Waals surface area contributed by atoms with Crippen LogP contribution in [0.3, 0.4) is 0 Å². The highest BCUT2D eigenvalue weighted by atomic mass is 16.5. The number of piperazine rings is 1. The van der Waals surface area contributed by atoms with Gasteiger partial charge in [-0.15, -0.1) is 0 Å². The van der Waals surface area contributed by atoms with E-state index >= 15 is 0 Å². The lowest BCUT2D eigenvalue weighted by Crippen LogP contribution is -2.48. The van der Waals surface area contributed by atoms with Crippen molar-refractivity contribution >= 4 is 22.7 Å². The monoisotopic (exact) mass is 399 g/mol. The SMILES string of the molecule is CCOC(=O)c1cnc2c(c(C)nn2C)c1N1CCN(CC2CCCCC2)CC1. The van der Waals surface area contributed by atoms with Crippen LogP contribution in [0.5, 0.6) is 0 Å². The number of nitrogens with zero attached hydrogens (tertiary/aromatic N) is 5. The van der Waals surface area contributed by atoms with Gasteiger partial charge in [-0.2, -0.15) is 5.10 Å². The summed E-state index contributed by atoms with van der Waals surface area (Å²) >= 11 is 0. The molecule has 0 atom stereocenters. The largest absolute Gasteiger partial charge is 0.462 e. The molecule has 4 rings (SSSR count). The van der Waals surface area contributed by atoms with Crippen LogP contribution in [0.4, 0.5) is 5.69 Å². The first-order valence-electron chi connectivity index (χ1n) is 11.0. The zero-order valence-corrected chi connectivity index (χ0v) is 18.0. The van der Waals surface area contributed by atoms with Crippen LogP contribution in [0.2, 0.25) is 0 Å². The Morgan fingerprint density at radius 1 is 1.17 bits per heavy atom. The van der Waals surface area contributed by atoms with Gasteiger partial charge < -0.3 is 9.64 Å². The van der Waals surface area contributed by atoms with Gasteiger partial charge in [0.2, 0.25) is 0 Å². The van der Waals surface area contributed by atoms with Crippen molar-refractivity contribution in [3.05, 3.63) is 17.5 Å². The molecule has 2 fully saturated rings. The Hall–Kier alpha value is -2.15. The molecule has 0 aromatic carbocycles. The van der Waals surface area contributed by atoms with Crippen LogP contribution >= 0.6 is 0 Å². The van der Waals surface area contributed by atoms with Gasteiger partial charge in [0.15, 0.2) is 5.65 Å². The van der Waals surface area contributed by atoms with Crippen LogP contribution in [0.1, 0.15) is 55.1 Å². The number of carbonyl (C=O) groups excluding carboxylic acids is 1. The van der Waals surface area contributed by atoms with Gasteiger partial charge >= 0.3 is 5.97 Å². The van der Waals surface area contributed by atoms with Gasteiger partial charge in [-0.1, -0.05) is 19.3 Å². The molecular formula is C22H33N5O2. The van der Waals surface area contributed by atoms with Crippen molar-refractivity contribution in [2.24, 2.45) is 13.0 Å². The summed E-state index contributed by atoms with van der Waals surface area (Å²) in [5, 5.41) is 5.52. The Morgan fingerprint density at radius 3 is 2.59 bits per heavy atom. The predicted molar refractivity (Wildman–Crippen MR) is 114 cm³/mol. The molecule has 0 N–H and O–H groups in total. The van der Waals surface area contributed by atoms with Crippen LogP contribution in [0, 0.1) is 12.8 Å². The van der Waals surface area contributed by atoms with E-state index in [4.69, 9.17) is 4.74 Å². The molecule has 1 aliphatic heterocycles. The molecular weight excluding hydrogens is 366 g/mol. The highest BCUT2D eigenvalue weighted by Gasteiger charge is 2.28. The van der Waals surface area contributed by atoms with E-state index in [1.165, 1.54) is 38.6 Å². The van der Waals surface area contributed by atoms with Crippen LogP contribution < -0.4 is 4.90 Å². The Kier molecular flexibility index (Phi) is 6.04. The number of ether oxygens (including phenoxy) is 1. The summed E-state index contributed by atoms with van der Waals surface area (Å²) in [4.78, 5) is 22.1. The summed E-state index contributed by atoms with van der Waals surface area (Å²) in [6, 6.07) is 0. The molecule has 29 heavy (non-hydrogen) atoms. The lowest BCUT2D eigenvalue weighted by atomic mass is 9.89. The van der Waals surface area contributed by atoms with Crippen molar-refractivity contribution in [3.8, 4) is 0 Å². The van der Waals surface area contributed by atoms with Crippen molar-refractivity contribution in [1.29, 1.82) is 0 Å². The second-order valence-corrected chi connectivity index (χ2v) is 8.44. The molecule has 0 spiro atoms. The smallest absolute Gasteiger partial charge is 0.341 e.